The Labute approximate surface area is 228 Å². The minimum Gasteiger partial charge on any atom is -0.495 e. The molecule has 2 aliphatic heterocycles. The number of benzene rings is 1. The van der Waals surface area contributed by atoms with Gasteiger partial charge in [-0.1, -0.05) is 30.5 Å². The van der Waals surface area contributed by atoms with E-state index in [1.54, 1.807) is 18.9 Å². The largest absolute Gasteiger partial charge is 0.495 e. The van der Waals surface area contributed by atoms with Gasteiger partial charge in [-0.25, -0.2) is 23.1 Å². The molecule has 0 radical (unpaired) electrons. The van der Waals surface area contributed by atoms with Gasteiger partial charge in [-0.2, -0.15) is 0 Å². The highest BCUT2D eigenvalue weighted by Crippen LogP contribution is 2.53. The number of ether oxygens (including phenoxy) is 2. The lowest BCUT2D eigenvalue weighted by Gasteiger charge is -2.26. The number of halogens is 1. The second-order valence-corrected chi connectivity index (χ2v) is 13.1. The number of morpholine rings is 1. The van der Waals surface area contributed by atoms with Crippen molar-refractivity contribution in [3.63, 3.8) is 0 Å². The molecule has 1 aromatic carbocycles. The molecule has 5 rings (SSSR count). The first kappa shape index (κ1) is 27.0. The molecule has 2 N–H and O–H groups in total. The first-order valence-electron chi connectivity index (χ1n) is 12.8. The molecule has 3 heterocycles. The third-order valence-corrected chi connectivity index (χ3v) is 10.1. The molecule has 1 aromatic heterocycles. The summed E-state index contributed by atoms with van der Waals surface area (Å²) in [6.07, 6.45) is 4.67. The fraction of sp³-hybridized carbons (Fsp3) is 0.600. The Kier molecular flexibility index (Phi) is 8.78. The summed E-state index contributed by atoms with van der Waals surface area (Å²) in [6, 6.07) is 5.68. The first-order valence-corrected chi connectivity index (χ1v) is 15.7. The highest BCUT2D eigenvalue weighted by atomic mass is 35.5. The SMILES string of the molecule is COc1ccc(CNc2nc(CS(=O)(=O)NCCN3CCOCC3)nc3c2C2CCCCC2S3)cc1Cl. The number of fused-ring (bicyclic) bond motifs is 3. The number of nitrogens with one attached hydrogen (secondary N) is 2. The number of thioether (sulfide) groups is 1. The predicted octanol–water partition coefficient (Wildman–Crippen LogP) is 3.63. The van der Waals surface area contributed by atoms with Crippen LogP contribution in [0.1, 0.15) is 48.6 Å². The monoisotopic (exact) mass is 567 g/mol. The van der Waals surface area contributed by atoms with Crippen LogP contribution in [0, 0.1) is 0 Å². The molecule has 0 amide bonds. The van der Waals surface area contributed by atoms with E-state index >= 15 is 0 Å². The predicted molar refractivity (Wildman–Crippen MR) is 146 cm³/mol. The summed E-state index contributed by atoms with van der Waals surface area (Å²) in [5.41, 5.74) is 2.12. The molecule has 1 saturated heterocycles. The molecule has 0 spiro atoms. The Morgan fingerprint density at radius 1 is 1.22 bits per heavy atom. The lowest BCUT2D eigenvalue weighted by Crippen LogP contribution is -2.41. The molecule has 3 aliphatic rings. The minimum absolute atomic E-state index is 0.248. The molecular formula is C25H34ClN5O4S2. The van der Waals surface area contributed by atoms with Crippen molar-refractivity contribution in [2.75, 3.05) is 51.8 Å². The van der Waals surface area contributed by atoms with Gasteiger partial charge in [-0.05, 0) is 30.5 Å². The van der Waals surface area contributed by atoms with Gasteiger partial charge in [-0.15, -0.1) is 11.8 Å². The standard InChI is InChI=1S/C25H34ClN5O4S2/c1-34-20-7-6-17(14-19(20)26)15-27-24-23-18-4-2-3-5-21(18)36-25(23)30-22(29-24)16-37(32,33)28-8-9-31-10-12-35-13-11-31/h6-7,14,18,21,28H,2-5,8-13,15-16H2,1H3,(H,27,29,30). The van der Waals surface area contributed by atoms with Gasteiger partial charge in [0.2, 0.25) is 10.0 Å². The fourth-order valence-electron chi connectivity index (χ4n) is 5.24. The molecule has 9 nitrogen and oxygen atoms in total. The van der Waals surface area contributed by atoms with Crippen molar-refractivity contribution >= 4 is 39.2 Å². The number of methoxy groups -OCH3 is 1. The van der Waals surface area contributed by atoms with Gasteiger partial charge in [-0.3, -0.25) is 4.90 Å². The number of hydrogen-bond donors (Lipinski definition) is 2. The molecule has 0 bridgehead atoms. The Morgan fingerprint density at radius 2 is 2.03 bits per heavy atom. The molecule has 2 aromatic rings. The highest BCUT2D eigenvalue weighted by molar-refractivity contribution is 8.00. The molecule has 1 aliphatic carbocycles. The Balaban J connectivity index is 1.32. The Hall–Kier alpha value is -1.63. The van der Waals surface area contributed by atoms with Crippen LogP contribution in [0.5, 0.6) is 5.75 Å². The molecule has 37 heavy (non-hydrogen) atoms. The van der Waals surface area contributed by atoms with E-state index in [2.05, 4.69) is 14.9 Å². The number of sulfonamides is 1. The van der Waals surface area contributed by atoms with Gasteiger partial charge in [0.05, 0.1) is 25.3 Å². The average Bonchev–Trinajstić information content (AvgIpc) is 3.26. The van der Waals surface area contributed by atoms with E-state index < -0.39 is 10.0 Å². The van der Waals surface area contributed by atoms with Crippen LogP contribution in [-0.4, -0.2) is 75.0 Å². The van der Waals surface area contributed by atoms with Gasteiger partial charge >= 0.3 is 0 Å². The van der Waals surface area contributed by atoms with Crippen LogP contribution in [0.3, 0.4) is 0 Å². The topological polar surface area (TPSA) is 106 Å². The summed E-state index contributed by atoms with van der Waals surface area (Å²) < 4.78 is 39.1. The smallest absolute Gasteiger partial charge is 0.219 e. The molecule has 1 saturated carbocycles. The van der Waals surface area contributed by atoms with Crippen LogP contribution >= 0.6 is 23.4 Å². The fourth-order valence-corrected chi connectivity index (χ4v) is 8.03. The average molecular weight is 568 g/mol. The highest BCUT2D eigenvalue weighted by Gasteiger charge is 2.39. The van der Waals surface area contributed by atoms with Crippen molar-refractivity contribution in [3.05, 3.63) is 40.2 Å². The lowest BCUT2D eigenvalue weighted by atomic mass is 9.84. The van der Waals surface area contributed by atoms with E-state index in [4.69, 9.17) is 31.0 Å². The summed E-state index contributed by atoms with van der Waals surface area (Å²) in [6.45, 7) is 4.55. The zero-order valence-electron chi connectivity index (χ0n) is 21.0. The quantitative estimate of drug-likeness (QED) is 0.416. The van der Waals surface area contributed by atoms with Crippen molar-refractivity contribution < 1.29 is 17.9 Å². The molecule has 2 atom stereocenters. The van der Waals surface area contributed by atoms with E-state index in [-0.39, 0.29) is 5.75 Å². The van der Waals surface area contributed by atoms with Gasteiger partial charge in [0.1, 0.15) is 28.2 Å². The second kappa shape index (κ2) is 12.0. The Bertz CT molecular complexity index is 1210. The van der Waals surface area contributed by atoms with Gasteiger partial charge in [0.15, 0.2) is 0 Å². The summed E-state index contributed by atoms with van der Waals surface area (Å²) >= 11 is 8.10. The molecule has 2 unspecified atom stereocenters. The van der Waals surface area contributed by atoms with Crippen LogP contribution in [0.15, 0.2) is 23.2 Å². The first-order chi connectivity index (χ1) is 17.9. The van der Waals surface area contributed by atoms with Crippen molar-refractivity contribution in [3.8, 4) is 5.75 Å². The molecule has 202 valence electrons. The second-order valence-electron chi connectivity index (χ2n) is 9.68. The van der Waals surface area contributed by atoms with Crippen molar-refractivity contribution in [2.24, 2.45) is 0 Å². The molecular weight excluding hydrogens is 534 g/mol. The van der Waals surface area contributed by atoms with E-state index in [0.717, 1.165) is 47.9 Å². The normalized spacial score (nSPS) is 21.9. The molecule has 12 heteroatoms. The summed E-state index contributed by atoms with van der Waals surface area (Å²) in [5.74, 6) is 1.83. The van der Waals surface area contributed by atoms with E-state index in [1.165, 1.54) is 12.8 Å². The van der Waals surface area contributed by atoms with E-state index in [1.807, 2.05) is 18.2 Å². The van der Waals surface area contributed by atoms with E-state index in [0.29, 0.717) is 60.6 Å². The van der Waals surface area contributed by atoms with Gasteiger partial charge < -0.3 is 14.8 Å². The van der Waals surface area contributed by atoms with Crippen LogP contribution in [0.4, 0.5) is 5.82 Å². The van der Waals surface area contributed by atoms with Crippen LogP contribution in [0.2, 0.25) is 5.02 Å². The van der Waals surface area contributed by atoms with Crippen molar-refractivity contribution in [1.82, 2.24) is 19.6 Å². The summed E-state index contributed by atoms with van der Waals surface area (Å²) in [7, 11) is -1.99. The summed E-state index contributed by atoms with van der Waals surface area (Å²) in [5, 5.41) is 5.42. The lowest BCUT2D eigenvalue weighted by molar-refractivity contribution is 0.0390. The minimum atomic E-state index is -3.58. The third kappa shape index (κ3) is 6.69. The number of anilines is 1. The van der Waals surface area contributed by atoms with E-state index in [9.17, 15) is 8.42 Å². The number of aromatic nitrogens is 2. The van der Waals surface area contributed by atoms with Gasteiger partial charge in [0, 0.05) is 49.5 Å². The number of hydrogen-bond acceptors (Lipinski definition) is 9. The number of nitrogens with zero attached hydrogens (tertiary/aromatic N) is 3. The zero-order chi connectivity index (χ0) is 25.8. The van der Waals surface area contributed by atoms with Crippen molar-refractivity contribution in [2.45, 2.75) is 54.2 Å². The maximum absolute atomic E-state index is 12.9. The maximum atomic E-state index is 12.9. The summed E-state index contributed by atoms with van der Waals surface area (Å²) in [4.78, 5) is 11.7. The zero-order valence-corrected chi connectivity index (χ0v) is 23.4. The molecule has 2 fully saturated rings. The number of rotatable bonds is 10. The van der Waals surface area contributed by atoms with Crippen LogP contribution in [0.25, 0.3) is 0 Å². The van der Waals surface area contributed by atoms with Crippen LogP contribution < -0.4 is 14.8 Å². The van der Waals surface area contributed by atoms with Gasteiger partial charge in [0.25, 0.3) is 0 Å². The van der Waals surface area contributed by atoms with Crippen molar-refractivity contribution in [1.29, 1.82) is 0 Å². The maximum Gasteiger partial charge on any atom is 0.219 e. The van der Waals surface area contributed by atoms with Crippen LogP contribution in [-0.2, 0) is 27.1 Å². The Morgan fingerprint density at radius 3 is 2.81 bits per heavy atom. The third-order valence-electron chi connectivity index (χ3n) is 7.14.